The summed E-state index contributed by atoms with van der Waals surface area (Å²) in [5, 5.41) is 8.51. The Morgan fingerprint density at radius 1 is 1.03 bits per heavy atom. The smallest absolute Gasteiger partial charge is 0.291 e. The number of amides is 1. The first kappa shape index (κ1) is 19.1. The highest BCUT2D eigenvalue weighted by atomic mass is 16.4. The third-order valence-electron chi connectivity index (χ3n) is 5.52. The number of hydrazone groups is 1. The van der Waals surface area contributed by atoms with Crippen LogP contribution in [0, 0.1) is 6.92 Å². The molecule has 1 amide bonds. The minimum absolute atomic E-state index is 0.265. The van der Waals surface area contributed by atoms with E-state index < -0.39 is 0 Å². The van der Waals surface area contributed by atoms with Gasteiger partial charge in [-0.25, -0.2) is 0 Å². The monoisotopic (exact) mass is 410 g/mol. The fraction of sp³-hybridized carbons (Fsp3) is 0.160. The number of furan rings is 1. The van der Waals surface area contributed by atoms with Gasteiger partial charge >= 0.3 is 0 Å². The van der Waals surface area contributed by atoms with E-state index in [-0.39, 0.29) is 5.91 Å². The Bertz CT molecular complexity index is 1290. The molecule has 6 heteroatoms. The molecule has 1 aliphatic carbocycles. The van der Waals surface area contributed by atoms with Crippen molar-refractivity contribution in [1.29, 1.82) is 0 Å². The Morgan fingerprint density at radius 3 is 2.77 bits per heavy atom. The molecule has 154 valence electrons. The molecule has 2 aromatic heterocycles. The number of nitrogens with zero attached hydrogens (tertiary/aromatic N) is 2. The Morgan fingerprint density at radius 2 is 1.90 bits per heavy atom. The van der Waals surface area contributed by atoms with Gasteiger partial charge in [0.25, 0.3) is 5.91 Å². The molecule has 0 atom stereocenters. The number of para-hydroxylation sites is 1. The van der Waals surface area contributed by atoms with Gasteiger partial charge in [-0.3, -0.25) is 15.2 Å². The topological polar surface area (TPSA) is 79.5 Å². The number of anilines is 2. The quantitative estimate of drug-likeness (QED) is 0.433. The van der Waals surface area contributed by atoms with Gasteiger partial charge in [-0.15, -0.1) is 0 Å². The molecule has 4 aromatic rings. The van der Waals surface area contributed by atoms with Crippen LogP contribution in [-0.2, 0) is 6.42 Å². The van der Waals surface area contributed by atoms with Gasteiger partial charge in [0, 0.05) is 29.1 Å². The number of rotatable bonds is 4. The maximum Gasteiger partial charge on any atom is 0.291 e. The number of aromatic nitrogens is 1. The second-order valence-electron chi connectivity index (χ2n) is 7.57. The number of carbonyl (C=O) groups excluding carboxylic acids is 1. The molecule has 2 N–H and O–H groups in total. The number of carbonyl (C=O) groups is 1. The third-order valence-corrected chi connectivity index (χ3v) is 5.52. The lowest BCUT2D eigenvalue weighted by Gasteiger charge is -2.13. The molecule has 0 aliphatic heterocycles. The number of benzene rings is 2. The average molecular weight is 410 g/mol. The summed E-state index contributed by atoms with van der Waals surface area (Å²) in [5.41, 5.74) is 8.26. The molecule has 0 spiro atoms. The SMILES string of the molecule is Cc1c(C(=O)Nc2cccc3ncccc23)oc2c1/C(=N/Nc1ccccc1)CCC2. The summed E-state index contributed by atoms with van der Waals surface area (Å²) >= 11 is 0. The van der Waals surface area contributed by atoms with Crippen LogP contribution in [0.2, 0.25) is 0 Å². The maximum absolute atomic E-state index is 13.1. The van der Waals surface area contributed by atoms with Crippen LogP contribution >= 0.6 is 0 Å². The molecule has 0 saturated carbocycles. The van der Waals surface area contributed by atoms with Gasteiger partial charge in [-0.05, 0) is 56.2 Å². The Kier molecular flexibility index (Phi) is 4.96. The summed E-state index contributed by atoms with van der Waals surface area (Å²) in [6.45, 7) is 1.92. The van der Waals surface area contributed by atoms with E-state index in [1.54, 1.807) is 6.20 Å². The van der Waals surface area contributed by atoms with Crippen LogP contribution in [0.4, 0.5) is 11.4 Å². The number of fused-ring (bicyclic) bond motifs is 2. The van der Waals surface area contributed by atoms with E-state index in [0.29, 0.717) is 11.4 Å². The summed E-state index contributed by atoms with van der Waals surface area (Å²) in [4.78, 5) is 17.5. The highest BCUT2D eigenvalue weighted by Gasteiger charge is 2.28. The number of pyridine rings is 1. The van der Waals surface area contributed by atoms with Crippen molar-refractivity contribution in [3.05, 3.63) is 89.5 Å². The van der Waals surface area contributed by atoms with E-state index in [4.69, 9.17) is 4.42 Å². The van der Waals surface area contributed by atoms with Crippen molar-refractivity contribution in [2.75, 3.05) is 10.7 Å². The van der Waals surface area contributed by atoms with Crippen molar-refractivity contribution in [3.8, 4) is 0 Å². The van der Waals surface area contributed by atoms with Crippen LogP contribution in [-0.4, -0.2) is 16.6 Å². The van der Waals surface area contributed by atoms with Crippen molar-refractivity contribution in [1.82, 2.24) is 4.98 Å². The fourth-order valence-electron chi connectivity index (χ4n) is 4.03. The molecule has 0 fully saturated rings. The summed E-state index contributed by atoms with van der Waals surface area (Å²) < 4.78 is 6.03. The zero-order valence-corrected chi connectivity index (χ0v) is 17.2. The first-order valence-corrected chi connectivity index (χ1v) is 10.4. The zero-order valence-electron chi connectivity index (χ0n) is 17.2. The molecule has 6 nitrogen and oxygen atoms in total. The molecular weight excluding hydrogens is 388 g/mol. The van der Waals surface area contributed by atoms with Crippen molar-refractivity contribution < 1.29 is 9.21 Å². The van der Waals surface area contributed by atoms with Crippen LogP contribution in [0.25, 0.3) is 10.9 Å². The normalized spacial score (nSPS) is 14.4. The summed E-state index contributed by atoms with van der Waals surface area (Å²) in [5.74, 6) is 0.890. The Hall–Kier alpha value is -3.93. The van der Waals surface area contributed by atoms with Gasteiger partial charge in [0.15, 0.2) is 5.76 Å². The fourth-order valence-corrected chi connectivity index (χ4v) is 4.03. The van der Waals surface area contributed by atoms with Gasteiger partial charge in [-0.1, -0.05) is 24.3 Å². The lowest BCUT2D eigenvalue weighted by Crippen LogP contribution is -2.14. The third kappa shape index (κ3) is 3.68. The molecule has 0 bridgehead atoms. The van der Waals surface area contributed by atoms with Crippen molar-refractivity contribution >= 4 is 33.9 Å². The van der Waals surface area contributed by atoms with Crippen LogP contribution < -0.4 is 10.7 Å². The summed E-state index contributed by atoms with van der Waals surface area (Å²) in [6, 6.07) is 19.3. The van der Waals surface area contributed by atoms with Crippen LogP contribution in [0.1, 0.15) is 40.3 Å². The molecule has 0 unspecified atom stereocenters. The highest BCUT2D eigenvalue weighted by Crippen LogP contribution is 2.31. The lowest BCUT2D eigenvalue weighted by atomic mass is 9.93. The molecule has 31 heavy (non-hydrogen) atoms. The second-order valence-corrected chi connectivity index (χ2v) is 7.57. The van der Waals surface area contributed by atoms with E-state index in [0.717, 1.165) is 58.5 Å². The van der Waals surface area contributed by atoms with Crippen molar-refractivity contribution in [2.45, 2.75) is 26.2 Å². The average Bonchev–Trinajstić information content (AvgIpc) is 3.16. The van der Waals surface area contributed by atoms with E-state index in [2.05, 4.69) is 20.8 Å². The van der Waals surface area contributed by atoms with Gasteiger partial charge in [0.1, 0.15) is 5.76 Å². The summed E-state index contributed by atoms with van der Waals surface area (Å²) in [7, 11) is 0. The molecule has 0 radical (unpaired) electrons. The minimum Gasteiger partial charge on any atom is -0.455 e. The minimum atomic E-state index is -0.265. The molecule has 5 rings (SSSR count). The second kappa shape index (κ2) is 8.07. The van der Waals surface area contributed by atoms with Crippen molar-refractivity contribution in [2.24, 2.45) is 5.10 Å². The Balaban J connectivity index is 1.45. The molecule has 1 aliphatic rings. The number of nitrogens with one attached hydrogen (secondary N) is 2. The van der Waals surface area contributed by atoms with Crippen LogP contribution in [0.15, 0.2) is 76.4 Å². The van der Waals surface area contributed by atoms with Crippen molar-refractivity contribution in [3.63, 3.8) is 0 Å². The standard InChI is InChI=1S/C25H22N4O2/c1-16-23-21(29-28-17-8-3-2-4-9-17)13-6-14-22(23)31-24(16)25(30)27-20-12-5-11-19-18(20)10-7-15-26-19/h2-5,7-12,15,28H,6,13-14H2,1H3,(H,27,30)/b29-21+. The van der Waals surface area contributed by atoms with E-state index in [1.807, 2.05) is 67.6 Å². The summed E-state index contributed by atoms with van der Waals surface area (Å²) in [6.07, 6.45) is 4.31. The van der Waals surface area contributed by atoms with E-state index in [1.165, 1.54) is 0 Å². The van der Waals surface area contributed by atoms with Crippen LogP contribution in [0.5, 0.6) is 0 Å². The Labute approximate surface area is 180 Å². The number of hydrogen-bond acceptors (Lipinski definition) is 5. The predicted octanol–water partition coefficient (Wildman–Crippen LogP) is 5.54. The largest absolute Gasteiger partial charge is 0.455 e. The first-order valence-electron chi connectivity index (χ1n) is 10.4. The number of aryl methyl sites for hydroxylation is 1. The molecular formula is C25H22N4O2. The zero-order chi connectivity index (χ0) is 21.2. The predicted molar refractivity (Wildman–Crippen MR) is 123 cm³/mol. The van der Waals surface area contributed by atoms with Crippen LogP contribution in [0.3, 0.4) is 0 Å². The molecule has 2 aromatic carbocycles. The highest BCUT2D eigenvalue weighted by molar-refractivity contribution is 6.11. The number of hydrogen-bond donors (Lipinski definition) is 2. The molecule has 0 saturated heterocycles. The maximum atomic E-state index is 13.1. The van der Waals surface area contributed by atoms with E-state index >= 15 is 0 Å². The van der Waals surface area contributed by atoms with E-state index in [9.17, 15) is 4.79 Å². The lowest BCUT2D eigenvalue weighted by molar-refractivity contribution is 0.0994. The van der Waals surface area contributed by atoms with Gasteiger partial charge in [0.2, 0.25) is 0 Å². The van der Waals surface area contributed by atoms with Gasteiger partial charge < -0.3 is 9.73 Å². The van der Waals surface area contributed by atoms with Gasteiger partial charge in [0.05, 0.1) is 22.6 Å². The first-order chi connectivity index (χ1) is 15.2. The molecule has 2 heterocycles. The van der Waals surface area contributed by atoms with Gasteiger partial charge in [-0.2, -0.15) is 5.10 Å².